The molecule has 0 spiro atoms. The summed E-state index contributed by atoms with van der Waals surface area (Å²) in [7, 11) is -1.83. The van der Waals surface area contributed by atoms with E-state index < -0.39 is 8.32 Å². The number of aryl methyl sites for hydroxylation is 2. The fourth-order valence-electron chi connectivity index (χ4n) is 2.44. The molecular formula is C18H29BrO3Si. The predicted octanol–water partition coefficient (Wildman–Crippen LogP) is 5.23. The molecule has 1 saturated heterocycles. The van der Waals surface area contributed by atoms with Crippen LogP contribution in [0, 0.1) is 13.8 Å². The van der Waals surface area contributed by atoms with Crippen molar-refractivity contribution in [1.82, 2.24) is 0 Å². The highest BCUT2D eigenvalue weighted by Gasteiger charge is 2.43. The van der Waals surface area contributed by atoms with E-state index >= 15 is 0 Å². The SMILES string of the molecule is Cc1cc(O[C@@H]2COC[C@H]2O[Si](C)(C)C(C)(C)C)cc(C)c1Br. The van der Waals surface area contributed by atoms with Gasteiger partial charge < -0.3 is 13.9 Å². The van der Waals surface area contributed by atoms with E-state index in [2.05, 4.69) is 75.8 Å². The van der Waals surface area contributed by atoms with Crippen molar-refractivity contribution in [3.63, 3.8) is 0 Å². The van der Waals surface area contributed by atoms with Crippen LogP contribution in [0.4, 0.5) is 0 Å². The van der Waals surface area contributed by atoms with Crippen molar-refractivity contribution >= 4 is 24.2 Å². The molecular weight excluding hydrogens is 372 g/mol. The lowest BCUT2D eigenvalue weighted by atomic mass is 10.1. The number of hydrogen-bond donors (Lipinski definition) is 0. The summed E-state index contributed by atoms with van der Waals surface area (Å²) in [5.74, 6) is 0.891. The van der Waals surface area contributed by atoms with Gasteiger partial charge in [-0.1, -0.05) is 36.7 Å². The first-order valence-electron chi connectivity index (χ1n) is 8.20. The number of ether oxygens (including phenoxy) is 2. The number of hydrogen-bond acceptors (Lipinski definition) is 3. The lowest BCUT2D eigenvalue weighted by Crippen LogP contribution is -2.48. The van der Waals surface area contributed by atoms with E-state index in [0.717, 1.165) is 10.2 Å². The molecule has 0 aliphatic carbocycles. The zero-order valence-corrected chi connectivity index (χ0v) is 17.9. The Balaban J connectivity index is 2.11. The molecule has 0 radical (unpaired) electrons. The molecule has 5 heteroatoms. The van der Waals surface area contributed by atoms with Crippen LogP contribution in [0.5, 0.6) is 5.75 Å². The van der Waals surface area contributed by atoms with Crippen molar-refractivity contribution in [2.75, 3.05) is 13.2 Å². The normalized spacial score (nSPS) is 22.4. The van der Waals surface area contributed by atoms with Crippen molar-refractivity contribution in [1.29, 1.82) is 0 Å². The van der Waals surface area contributed by atoms with Gasteiger partial charge in [-0.3, -0.25) is 0 Å². The second-order valence-electron chi connectivity index (χ2n) is 7.98. The standard InChI is InChI=1S/C18H29BrO3Si/c1-12-8-14(9-13(2)17(12)19)21-15-10-20-11-16(15)22-23(6,7)18(3,4)5/h8-9,15-16H,10-11H2,1-7H3/t15-,16-/m1/s1. The Kier molecular flexibility index (Phi) is 5.66. The molecule has 0 aromatic heterocycles. The van der Waals surface area contributed by atoms with Crippen molar-refractivity contribution in [2.45, 2.75) is 65.0 Å². The van der Waals surface area contributed by atoms with Gasteiger partial charge in [0.25, 0.3) is 0 Å². The molecule has 2 rings (SSSR count). The van der Waals surface area contributed by atoms with Crippen LogP contribution in [0.1, 0.15) is 31.9 Å². The predicted molar refractivity (Wildman–Crippen MR) is 101 cm³/mol. The van der Waals surface area contributed by atoms with Gasteiger partial charge in [0.1, 0.15) is 18.0 Å². The van der Waals surface area contributed by atoms with Crippen LogP contribution in [-0.2, 0) is 9.16 Å². The maximum absolute atomic E-state index is 6.51. The third-order valence-electron chi connectivity index (χ3n) is 4.93. The van der Waals surface area contributed by atoms with Crippen LogP contribution in [0.15, 0.2) is 16.6 Å². The quantitative estimate of drug-likeness (QED) is 0.647. The van der Waals surface area contributed by atoms with E-state index in [0.29, 0.717) is 13.2 Å². The van der Waals surface area contributed by atoms with E-state index in [-0.39, 0.29) is 17.2 Å². The van der Waals surface area contributed by atoms with Gasteiger partial charge in [0.2, 0.25) is 0 Å². The Morgan fingerprint density at radius 2 is 1.61 bits per heavy atom. The van der Waals surface area contributed by atoms with Gasteiger partial charge in [0.15, 0.2) is 8.32 Å². The fraction of sp³-hybridized carbons (Fsp3) is 0.667. The molecule has 0 amide bonds. The summed E-state index contributed by atoms with van der Waals surface area (Å²) in [4.78, 5) is 0. The second kappa shape index (κ2) is 6.87. The molecule has 0 N–H and O–H groups in total. The fourth-order valence-corrected chi connectivity index (χ4v) is 4.00. The van der Waals surface area contributed by atoms with Gasteiger partial charge in [0.05, 0.1) is 13.2 Å². The van der Waals surface area contributed by atoms with Crippen molar-refractivity contribution in [3.8, 4) is 5.75 Å². The van der Waals surface area contributed by atoms with Crippen LogP contribution in [0.2, 0.25) is 18.1 Å². The highest BCUT2D eigenvalue weighted by Crippen LogP contribution is 2.38. The molecule has 3 nitrogen and oxygen atoms in total. The van der Waals surface area contributed by atoms with Gasteiger partial charge in [-0.25, -0.2) is 0 Å². The molecule has 23 heavy (non-hydrogen) atoms. The van der Waals surface area contributed by atoms with E-state index in [1.54, 1.807) is 0 Å². The summed E-state index contributed by atoms with van der Waals surface area (Å²) in [5.41, 5.74) is 2.36. The molecule has 1 aliphatic rings. The Morgan fingerprint density at radius 1 is 1.09 bits per heavy atom. The molecule has 130 valence electrons. The first-order valence-corrected chi connectivity index (χ1v) is 11.9. The summed E-state index contributed by atoms with van der Waals surface area (Å²) in [6, 6.07) is 4.14. The Bertz CT molecular complexity index is 543. The summed E-state index contributed by atoms with van der Waals surface area (Å²) in [5, 5.41) is 0.185. The lowest BCUT2D eigenvalue weighted by Gasteiger charge is -2.39. The van der Waals surface area contributed by atoms with E-state index in [4.69, 9.17) is 13.9 Å². The summed E-state index contributed by atoms with van der Waals surface area (Å²) in [6.07, 6.45) is -0.0238. The Hall–Kier alpha value is -0.363. The average molecular weight is 401 g/mol. The molecule has 1 aromatic rings. The van der Waals surface area contributed by atoms with Gasteiger partial charge in [-0.15, -0.1) is 0 Å². The van der Waals surface area contributed by atoms with E-state index in [9.17, 15) is 0 Å². The van der Waals surface area contributed by atoms with E-state index in [1.165, 1.54) is 11.1 Å². The molecule has 1 aromatic carbocycles. The van der Waals surface area contributed by atoms with Crippen LogP contribution in [0.25, 0.3) is 0 Å². The lowest BCUT2D eigenvalue weighted by molar-refractivity contribution is 0.0806. The van der Waals surface area contributed by atoms with Crippen LogP contribution < -0.4 is 4.74 Å². The monoisotopic (exact) mass is 400 g/mol. The van der Waals surface area contributed by atoms with Crippen molar-refractivity contribution in [3.05, 3.63) is 27.7 Å². The van der Waals surface area contributed by atoms with Gasteiger partial charge in [-0.05, 0) is 55.2 Å². The molecule has 1 heterocycles. The third-order valence-corrected chi connectivity index (χ3v) is 10.7. The van der Waals surface area contributed by atoms with Crippen LogP contribution >= 0.6 is 15.9 Å². The molecule has 0 bridgehead atoms. The number of rotatable bonds is 4. The molecule has 1 aliphatic heterocycles. The maximum Gasteiger partial charge on any atom is 0.192 e. The van der Waals surface area contributed by atoms with E-state index in [1.807, 2.05) is 0 Å². The van der Waals surface area contributed by atoms with Crippen LogP contribution in [0.3, 0.4) is 0 Å². The highest BCUT2D eigenvalue weighted by atomic mass is 79.9. The topological polar surface area (TPSA) is 27.7 Å². The van der Waals surface area contributed by atoms with Crippen molar-refractivity contribution < 1.29 is 13.9 Å². The molecule has 0 unspecified atom stereocenters. The van der Waals surface area contributed by atoms with Crippen LogP contribution in [-0.4, -0.2) is 33.7 Å². The number of benzene rings is 1. The third kappa shape index (κ3) is 4.38. The Labute approximate surface area is 150 Å². The molecule has 1 fully saturated rings. The Morgan fingerprint density at radius 3 is 2.13 bits per heavy atom. The van der Waals surface area contributed by atoms with Gasteiger partial charge >= 0.3 is 0 Å². The smallest absolute Gasteiger partial charge is 0.192 e. The first-order chi connectivity index (χ1) is 10.5. The summed E-state index contributed by atoms with van der Waals surface area (Å²) in [6.45, 7) is 16.7. The molecule has 0 saturated carbocycles. The zero-order chi connectivity index (χ0) is 17.4. The van der Waals surface area contributed by atoms with Gasteiger partial charge in [0, 0.05) is 4.47 Å². The average Bonchev–Trinajstić information content (AvgIpc) is 2.81. The summed E-state index contributed by atoms with van der Waals surface area (Å²) >= 11 is 3.60. The number of halogens is 1. The first kappa shape index (κ1) is 19.0. The van der Waals surface area contributed by atoms with Gasteiger partial charge in [-0.2, -0.15) is 0 Å². The second-order valence-corrected chi connectivity index (χ2v) is 13.5. The summed E-state index contributed by atoms with van der Waals surface area (Å²) < 4.78 is 19.5. The largest absolute Gasteiger partial charge is 0.485 e. The highest BCUT2D eigenvalue weighted by molar-refractivity contribution is 9.10. The minimum Gasteiger partial charge on any atom is -0.485 e. The minimum absolute atomic E-state index is 0.0140. The maximum atomic E-state index is 6.51. The minimum atomic E-state index is -1.83. The zero-order valence-electron chi connectivity index (χ0n) is 15.3. The molecule has 2 atom stereocenters. The van der Waals surface area contributed by atoms with Crippen molar-refractivity contribution in [2.24, 2.45) is 0 Å².